The summed E-state index contributed by atoms with van der Waals surface area (Å²) in [4.78, 5) is 98.4. The van der Waals surface area contributed by atoms with Gasteiger partial charge in [-0.15, -0.1) is 40.8 Å². The van der Waals surface area contributed by atoms with Crippen LogP contribution in [0.1, 0.15) is 13.8 Å². The van der Waals surface area contributed by atoms with Crippen molar-refractivity contribution >= 4 is 119 Å². The maximum atomic E-state index is 11.8. The summed E-state index contributed by atoms with van der Waals surface area (Å²) in [7, 11) is 0. The van der Waals surface area contributed by atoms with Crippen molar-refractivity contribution in [3.05, 3.63) is 194 Å². The maximum absolute atomic E-state index is 11.8. The lowest BCUT2D eigenvalue weighted by Gasteiger charge is -2.03. The average Bonchev–Trinajstić information content (AvgIpc) is 1.88. The van der Waals surface area contributed by atoms with Gasteiger partial charge in [0, 0.05) is 13.8 Å². The summed E-state index contributed by atoms with van der Waals surface area (Å²) in [6.07, 6.45) is -1.77. The van der Waals surface area contributed by atoms with Crippen LogP contribution in [-0.4, -0.2) is 168 Å². The van der Waals surface area contributed by atoms with E-state index in [-0.39, 0.29) is 11.6 Å². The van der Waals surface area contributed by atoms with Gasteiger partial charge in [-0.25, -0.2) is 9.59 Å². The molecule has 0 spiro atoms. The predicted octanol–water partition coefficient (Wildman–Crippen LogP) is 2.45. The standard InChI is InChI=1S/2C13H8N6O3.2C8H7N3O2.2C6H5N3O.CO2.H2O/c2*20-13(21-18-11-7-3-1-5-9(11)14-16-18)22-19-12-8-4-2-6-10(12)15-17-19;2*1-6(12)13-11-8-5-3-2-4-7(8)9-10-11;2*10-9-6-4-2-1-3-5(6)7-8-9;2-1-3;/h2*1-8H;2*2-5H,1H3;2*1-4,10H;;1H2. The summed E-state index contributed by atoms with van der Waals surface area (Å²) in [5, 5.41) is 77.4. The fourth-order valence-electron chi connectivity index (χ4n) is 7.76. The molecule has 8 aromatic heterocycles. The molecular weight excluding hydrogens is 1240 g/mol. The van der Waals surface area contributed by atoms with Gasteiger partial charge < -0.3 is 25.6 Å². The molecule has 0 unspecified atom stereocenters. The number of benzene rings is 8. The number of aromatic nitrogens is 24. The Bertz CT molecular complexity index is 4790. The Balaban J connectivity index is 0.000000135. The Morgan fingerprint density at radius 2 is 0.447 bits per heavy atom. The van der Waals surface area contributed by atoms with Gasteiger partial charge in [-0.3, -0.25) is 19.4 Å². The zero-order valence-electron chi connectivity index (χ0n) is 48.0. The van der Waals surface area contributed by atoms with Gasteiger partial charge in [0.1, 0.15) is 88.3 Å². The van der Waals surface area contributed by atoms with Crippen molar-refractivity contribution < 1.29 is 73.7 Å². The number of rotatable bonds is 6. The first kappa shape index (κ1) is 63.9. The molecule has 0 amide bonds. The highest BCUT2D eigenvalue weighted by molar-refractivity contribution is 5.79. The molecule has 0 fully saturated rings. The number of fused-ring (bicyclic) bond motifs is 8. The van der Waals surface area contributed by atoms with Crippen LogP contribution in [0, 0.1) is 0 Å². The lowest BCUT2D eigenvalue weighted by Crippen LogP contribution is -2.30. The topological polar surface area (TPSA) is 475 Å². The molecule has 4 N–H and O–H groups in total. The molecule has 8 heterocycles. The van der Waals surface area contributed by atoms with E-state index in [2.05, 4.69) is 82.5 Å². The molecule has 94 heavy (non-hydrogen) atoms. The SMILES string of the molecule is CC(=O)On1nnc2ccccc21.CC(=O)On1nnc2ccccc21.O.O=C(On1nnc2ccccc21)On1nnc2ccccc21.O=C(On1nnc2ccccc21)On1nnc2ccccc21.O=C=O.On1nnc2ccccc21.On1nnc2ccccc21. The first-order valence-corrected chi connectivity index (χ1v) is 26.3. The third-order valence-corrected chi connectivity index (χ3v) is 11.7. The first-order chi connectivity index (χ1) is 45.3. The second kappa shape index (κ2) is 30.3. The average molecular weight is 1280 g/mol. The van der Waals surface area contributed by atoms with Gasteiger partial charge in [0.25, 0.3) is 0 Å². The van der Waals surface area contributed by atoms with Crippen molar-refractivity contribution in [3.8, 4) is 0 Å². The van der Waals surface area contributed by atoms with Crippen molar-refractivity contribution in [2.75, 3.05) is 0 Å². The zero-order chi connectivity index (χ0) is 65.1. The largest absolute Gasteiger partial charge is 0.562 e. The quantitative estimate of drug-likeness (QED) is 0.178. The summed E-state index contributed by atoms with van der Waals surface area (Å²) in [5.41, 5.74) is 9.98. The van der Waals surface area contributed by atoms with Crippen LogP contribution in [0.4, 0.5) is 9.59 Å². The molecule has 8 aromatic carbocycles. The minimum Gasteiger partial charge on any atom is -0.412 e. The second-order valence-corrected chi connectivity index (χ2v) is 17.8. The molecular formula is C55H42N24O15. The number of carbonyl (C=O) groups excluding carboxylic acids is 6. The molecule has 0 bridgehead atoms. The molecule has 16 aromatic rings. The van der Waals surface area contributed by atoms with Crippen molar-refractivity contribution in [2.45, 2.75) is 13.8 Å². The molecule has 16 rings (SSSR count). The summed E-state index contributed by atoms with van der Waals surface area (Å²) in [6.45, 7) is 2.63. The Morgan fingerprint density at radius 3 is 0.638 bits per heavy atom. The predicted molar refractivity (Wildman–Crippen MR) is 315 cm³/mol. The summed E-state index contributed by atoms with van der Waals surface area (Å²) in [5.74, 6) is -0.841. The fraction of sp³-hybridized carbons (Fsp3) is 0.0364. The minimum absolute atomic E-state index is 0. The highest BCUT2D eigenvalue weighted by atomic mass is 16.9. The van der Waals surface area contributed by atoms with E-state index >= 15 is 0 Å². The molecule has 0 saturated carbocycles. The molecule has 472 valence electrons. The summed E-state index contributed by atoms with van der Waals surface area (Å²) >= 11 is 0. The number of para-hydroxylation sites is 8. The van der Waals surface area contributed by atoms with Gasteiger partial charge in [-0.1, -0.05) is 136 Å². The number of nitrogens with zero attached hydrogens (tertiary/aromatic N) is 24. The smallest absolute Gasteiger partial charge is 0.412 e. The van der Waals surface area contributed by atoms with Crippen molar-refractivity contribution in [1.29, 1.82) is 0 Å². The Labute approximate surface area is 520 Å². The van der Waals surface area contributed by atoms with Crippen LogP contribution in [0.2, 0.25) is 0 Å². The highest BCUT2D eigenvalue weighted by Crippen LogP contribution is 2.14. The van der Waals surface area contributed by atoms with E-state index in [4.69, 9.17) is 49.0 Å². The monoisotopic (exact) mass is 1280 g/mol. The van der Waals surface area contributed by atoms with Crippen LogP contribution in [0.15, 0.2) is 194 Å². The van der Waals surface area contributed by atoms with Crippen molar-refractivity contribution in [3.63, 3.8) is 0 Å². The van der Waals surface area contributed by atoms with Gasteiger partial charge >= 0.3 is 30.4 Å². The number of hydrogen-bond donors (Lipinski definition) is 2. The Hall–Kier alpha value is -14.6. The number of hydrogen-bond acceptors (Lipinski definition) is 30. The third kappa shape index (κ3) is 15.7. The summed E-state index contributed by atoms with van der Waals surface area (Å²) in [6, 6.07) is 57.1. The van der Waals surface area contributed by atoms with E-state index in [1.807, 2.05) is 48.5 Å². The first-order valence-electron chi connectivity index (χ1n) is 26.3. The van der Waals surface area contributed by atoms with Crippen molar-refractivity contribution in [1.82, 2.24) is 121 Å². The molecule has 0 aliphatic rings. The number of carbonyl (C=O) groups is 4. The molecule has 0 aliphatic heterocycles. The van der Waals surface area contributed by atoms with E-state index in [0.29, 0.717) is 88.3 Å². The molecule has 0 atom stereocenters. The van der Waals surface area contributed by atoms with Crippen LogP contribution in [0.3, 0.4) is 0 Å². The highest BCUT2D eigenvalue weighted by Gasteiger charge is 2.17. The Kier molecular flexibility index (Phi) is 20.6. The lowest BCUT2D eigenvalue weighted by atomic mass is 10.3. The van der Waals surface area contributed by atoms with Crippen LogP contribution >= 0.6 is 0 Å². The van der Waals surface area contributed by atoms with E-state index in [1.54, 1.807) is 146 Å². The van der Waals surface area contributed by atoms with Gasteiger partial charge in [0.15, 0.2) is 0 Å². The summed E-state index contributed by atoms with van der Waals surface area (Å²) < 4.78 is 0. The van der Waals surface area contributed by atoms with Gasteiger partial charge in [-0.05, 0) is 139 Å². The molecule has 0 saturated heterocycles. The lowest BCUT2D eigenvalue weighted by molar-refractivity contribution is -0.191. The van der Waals surface area contributed by atoms with Crippen molar-refractivity contribution in [2.24, 2.45) is 0 Å². The van der Waals surface area contributed by atoms with Crippen LogP contribution in [-0.2, 0) is 19.2 Å². The van der Waals surface area contributed by atoms with E-state index in [1.165, 1.54) is 13.8 Å². The van der Waals surface area contributed by atoms with Gasteiger partial charge in [0.05, 0.1) is 0 Å². The Morgan fingerprint density at radius 1 is 0.287 bits per heavy atom. The molecule has 39 nitrogen and oxygen atoms in total. The third-order valence-electron chi connectivity index (χ3n) is 11.7. The fourth-order valence-corrected chi connectivity index (χ4v) is 7.76. The minimum atomic E-state index is -1.01. The second-order valence-electron chi connectivity index (χ2n) is 17.8. The van der Waals surface area contributed by atoms with E-state index in [0.717, 1.165) is 38.8 Å². The van der Waals surface area contributed by atoms with Crippen LogP contribution in [0.25, 0.3) is 88.3 Å². The van der Waals surface area contributed by atoms with Crippen LogP contribution in [0.5, 0.6) is 0 Å². The molecule has 0 radical (unpaired) electrons. The van der Waals surface area contributed by atoms with Gasteiger partial charge in [0.2, 0.25) is 0 Å². The molecule has 39 heteroatoms. The van der Waals surface area contributed by atoms with Crippen LogP contribution < -0.4 is 29.0 Å². The normalized spacial score (nSPS) is 10.2. The maximum Gasteiger partial charge on any atom is 0.562 e. The molecule has 0 aliphatic carbocycles. The van der Waals surface area contributed by atoms with E-state index < -0.39 is 24.2 Å². The van der Waals surface area contributed by atoms with Gasteiger partial charge in [-0.2, -0.15) is 19.2 Å². The zero-order valence-corrected chi connectivity index (χ0v) is 48.0. The van der Waals surface area contributed by atoms with E-state index in [9.17, 15) is 19.2 Å².